The van der Waals surface area contributed by atoms with Crippen LogP contribution in [0.3, 0.4) is 0 Å². The minimum atomic E-state index is -4.88. The predicted octanol–water partition coefficient (Wildman–Crippen LogP) is 6.53. The third-order valence-corrected chi connectivity index (χ3v) is 4.02. The van der Waals surface area contributed by atoms with E-state index in [0.717, 1.165) is 18.2 Å². The lowest BCUT2D eigenvalue weighted by Gasteiger charge is -2.11. The van der Waals surface area contributed by atoms with Gasteiger partial charge in [0.15, 0.2) is 6.61 Å². The number of hydrogen-bond donors (Lipinski definition) is 1. The van der Waals surface area contributed by atoms with E-state index in [9.17, 15) is 30.7 Å². The Bertz CT molecular complexity index is 1190. The fraction of sp³-hybridized carbons (Fsp3) is 0.211. The maximum atomic E-state index is 13.5. The summed E-state index contributed by atoms with van der Waals surface area (Å²) in [6, 6.07) is 7.49. The van der Waals surface area contributed by atoms with Gasteiger partial charge in [0.2, 0.25) is 5.95 Å². The minimum Gasteiger partial charge on any atom is -0.454 e. The molecule has 0 radical (unpaired) electrons. The summed E-state index contributed by atoms with van der Waals surface area (Å²) in [6.45, 7) is -1.84. The van der Waals surface area contributed by atoms with Crippen molar-refractivity contribution in [2.75, 3.05) is 11.9 Å². The van der Waals surface area contributed by atoms with Crippen LogP contribution < -0.4 is 14.8 Å². The number of ether oxygens (including phenoxy) is 2. The molecule has 3 aromatic rings. The molecule has 0 fully saturated rings. The van der Waals surface area contributed by atoms with E-state index in [1.54, 1.807) is 0 Å². The van der Waals surface area contributed by atoms with Crippen molar-refractivity contribution in [2.45, 2.75) is 19.1 Å². The van der Waals surface area contributed by atoms with Gasteiger partial charge in [0.1, 0.15) is 11.6 Å². The molecule has 0 unspecified atom stereocenters. The lowest BCUT2D eigenvalue weighted by Crippen LogP contribution is -2.20. The first kappa shape index (κ1) is 25.9. The Labute approximate surface area is 196 Å². The van der Waals surface area contributed by atoms with Crippen molar-refractivity contribution in [2.24, 2.45) is 10.2 Å². The molecule has 2 aromatic carbocycles. The minimum absolute atomic E-state index is 0.0941. The summed E-state index contributed by atoms with van der Waals surface area (Å²) in [4.78, 5) is 11.1. The van der Waals surface area contributed by atoms with Crippen molar-refractivity contribution in [3.63, 3.8) is 0 Å². The van der Waals surface area contributed by atoms with E-state index in [4.69, 9.17) is 11.6 Å². The van der Waals surface area contributed by atoms with Crippen LogP contribution in [0.1, 0.15) is 5.56 Å². The molecule has 0 saturated carbocycles. The van der Waals surface area contributed by atoms with E-state index in [-0.39, 0.29) is 23.2 Å². The Morgan fingerprint density at radius 1 is 0.943 bits per heavy atom. The number of benzene rings is 2. The first-order chi connectivity index (χ1) is 16.4. The Morgan fingerprint density at radius 3 is 2.29 bits per heavy atom. The molecule has 1 aromatic heterocycles. The average molecular weight is 525 g/mol. The molecule has 0 amide bonds. The highest BCUT2D eigenvalue weighted by atomic mass is 35.5. The topological polar surface area (TPSA) is 93.9 Å². The summed E-state index contributed by atoms with van der Waals surface area (Å²) in [5.74, 6) is -1.97. The highest BCUT2D eigenvalue weighted by molar-refractivity contribution is 6.30. The smallest absolute Gasteiger partial charge is 0.454 e. The third kappa shape index (κ3) is 8.84. The standard InChI is InChI=1S/C19H12ClF7N6O2/c20-13-6-1-10(7-14(13)21)8-28-33-16-30-15(31-17(32-16)34-9-18(22,23)24)29-11-2-4-12(5-3-11)35-19(25,26)27/h1-7H,8-9H2,(H,29,30,31,32). The van der Waals surface area contributed by atoms with Crippen molar-refractivity contribution < 1.29 is 40.2 Å². The van der Waals surface area contributed by atoms with Crippen LogP contribution in [-0.4, -0.2) is 34.1 Å². The molecule has 0 bridgehead atoms. The highest BCUT2D eigenvalue weighted by Crippen LogP contribution is 2.26. The van der Waals surface area contributed by atoms with Gasteiger partial charge in [-0.3, -0.25) is 0 Å². The molecule has 0 aliphatic heterocycles. The molecular formula is C19H12ClF7N6O2. The molecule has 8 nitrogen and oxygen atoms in total. The van der Waals surface area contributed by atoms with Crippen molar-refractivity contribution in [3.8, 4) is 11.8 Å². The maximum Gasteiger partial charge on any atom is 0.573 e. The molecule has 0 spiro atoms. The SMILES string of the molecule is Fc1cc(CN=Nc2nc(Nc3ccc(OC(F)(F)F)cc3)nc(OCC(F)(F)F)n2)ccc1Cl. The summed E-state index contributed by atoms with van der Waals surface area (Å²) in [5, 5.41) is 9.91. The normalized spacial score (nSPS) is 12.1. The number of aromatic nitrogens is 3. The van der Waals surface area contributed by atoms with Crippen LogP contribution in [0.15, 0.2) is 52.7 Å². The lowest BCUT2D eigenvalue weighted by atomic mass is 10.2. The van der Waals surface area contributed by atoms with Crippen molar-refractivity contribution in [1.29, 1.82) is 0 Å². The van der Waals surface area contributed by atoms with Gasteiger partial charge in [-0.15, -0.1) is 18.3 Å². The van der Waals surface area contributed by atoms with Crippen molar-refractivity contribution in [3.05, 3.63) is 58.9 Å². The molecule has 0 saturated heterocycles. The van der Waals surface area contributed by atoms with Gasteiger partial charge in [-0.25, -0.2) is 4.39 Å². The van der Waals surface area contributed by atoms with Gasteiger partial charge in [-0.05, 0) is 42.0 Å². The van der Waals surface area contributed by atoms with Crippen molar-refractivity contribution in [1.82, 2.24) is 15.0 Å². The lowest BCUT2D eigenvalue weighted by molar-refractivity contribution is -0.274. The van der Waals surface area contributed by atoms with E-state index in [1.165, 1.54) is 24.3 Å². The molecule has 35 heavy (non-hydrogen) atoms. The number of nitrogens with one attached hydrogen (secondary N) is 1. The Balaban J connectivity index is 1.79. The zero-order valence-corrected chi connectivity index (χ0v) is 17.8. The quantitative estimate of drug-likeness (QED) is 0.266. The molecule has 186 valence electrons. The molecule has 3 rings (SSSR count). The third-order valence-electron chi connectivity index (χ3n) is 3.71. The van der Waals surface area contributed by atoms with Crippen LogP contribution in [0.25, 0.3) is 0 Å². The van der Waals surface area contributed by atoms with Crippen LogP contribution in [-0.2, 0) is 6.54 Å². The second kappa shape index (κ2) is 10.7. The van der Waals surface area contributed by atoms with E-state index in [1.807, 2.05) is 0 Å². The van der Waals surface area contributed by atoms with Gasteiger partial charge in [0.25, 0.3) is 5.95 Å². The van der Waals surface area contributed by atoms with Crippen LogP contribution in [0.2, 0.25) is 5.02 Å². The monoisotopic (exact) mass is 524 g/mol. The number of alkyl halides is 6. The molecule has 1 heterocycles. The zero-order chi connectivity index (χ0) is 25.6. The second-order valence-electron chi connectivity index (χ2n) is 6.49. The van der Waals surface area contributed by atoms with Gasteiger partial charge in [-0.1, -0.05) is 17.7 Å². The largest absolute Gasteiger partial charge is 0.573 e. The predicted molar refractivity (Wildman–Crippen MR) is 107 cm³/mol. The number of hydrogen-bond acceptors (Lipinski definition) is 8. The highest BCUT2D eigenvalue weighted by Gasteiger charge is 2.31. The first-order valence-electron chi connectivity index (χ1n) is 9.26. The molecule has 16 heteroatoms. The first-order valence-corrected chi connectivity index (χ1v) is 9.64. The Kier molecular flexibility index (Phi) is 7.89. The summed E-state index contributed by atoms with van der Waals surface area (Å²) in [6.07, 6.45) is -9.57. The van der Waals surface area contributed by atoms with Gasteiger partial charge < -0.3 is 14.8 Å². The maximum absolute atomic E-state index is 13.5. The number of anilines is 2. The van der Waals surface area contributed by atoms with Crippen molar-refractivity contribution >= 4 is 29.2 Å². The van der Waals surface area contributed by atoms with Gasteiger partial charge in [0, 0.05) is 5.69 Å². The van der Waals surface area contributed by atoms with E-state index in [0.29, 0.717) is 5.56 Å². The fourth-order valence-electron chi connectivity index (χ4n) is 2.34. The summed E-state index contributed by atoms with van der Waals surface area (Å²) in [7, 11) is 0. The second-order valence-corrected chi connectivity index (χ2v) is 6.90. The van der Waals surface area contributed by atoms with Crippen LogP contribution in [0, 0.1) is 5.82 Å². The number of halogens is 8. The number of rotatable bonds is 8. The molecular weight excluding hydrogens is 513 g/mol. The average Bonchev–Trinajstić information content (AvgIpc) is 2.75. The fourth-order valence-corrected chi connectivity index (χ4v) is 2.46. The van der Waals surface area contributed by atoms with E-state index in [2.05, 4.69) is 40.0 Å². The molecule has 0 aliphatic rings. The molecule has 1 N–H and O–H groups in total. The Morgan fingerprint density at radius 2 is 1.66 bits per heavy atom. The summed E-state index contributed by atoms with van der Waals surface area (Å²) in [5.41, 5.74) is 0.546. The summed E-state index contributed by atoms with van der Waals surface area (Å²) < 4.78 is 96.1. The van der Waals surface area contributed by atoms with E-state index < -0.39 is 42.7 Å². The van der Waals surface area contributed by atoms with Gasteiger partial charge in [0.05, 0.1) is 11.6 Å². The van der Waals surface area contributed by atoms with Crippen LogP contribution in [0.5, 0.6) is 11.8 Å². The van der Waals surface area contributed by atoms with Crippen LogP contribution >= 0.6 is 11.6 Å². The van der Waals surface area contributed by atoms with Crippen LogP contribution in [0.4, 0.5) is 48.3 Å². The zero-order valence-electron chi connectivity index (χ0n) is 17.0. The number of nitrogens with zero attached hydrogens (tertiary/aromatic N) is 5. The van der Waals surface area contributed by atoms with Gasteiger partial charge in [-0.2, -0.15) is 33.2 Å². The summed E-state index contributed by atoms with van der Waals surface area (Å²) >= 11 is 5.60. The van der Waals surface area contributed by atoms with E-state index >= 15 is 0 Å². The molecule has 0 atom stereocenters. The van der Waals surface area contributed by atoms with Gasteiger partial charge >= 0.3 is 18.5 Å². The molecule has 0 aliphatic carbocycles. The number of azo groups is 1. The Hall–Kier alpha value is -3.75.